The van der Waals surface area contributed by atoms with Crippen LogP contribution in [0.4, 0.5) is 0 Å². The molecular formula is C16H18ClNO. The molecule has 0 aliphatic heterocycles. The first-order chi connectivity index (χ1) is 9.31. The van der Waals surface area contributed by atoms with Crippen LogP contribution in [0.2, 0.25) is 5.02 Å². The highest BCUT2D eigenvalue weighted by Gasteiger charge is 2.04. The van der Waals surface area contributed by atoms with Crippen molar-refractivity contribution in [2.75, 3.05) is 13.2 Å². The third kappa shape index (κ3) is 3.98. The molecule has 0 saturated carbocycles. The van der Waals surface area contributed by atoms with Crippen LogP contribution >= 0.6 is 11.6 Å². The number of unbranched alkanes of at least 4 members (excludes halogenated alkanes) is 1. The predicted octanol–water partition coefficient (Wildman–Crippen LogP) is 4.12. The molecule has 3 heteroatoms. The van der Waals surface area contributed by atoms with E-state index < -0.39 is 0 Å². The van der Waals surface area contributed by atoms with Gasteiger partial charge in [-0.25, -0.2) is 0 Å². The average molecular weight is 276 g/mol. The number of hydrogen-bond donors (Lipinski definition) is 1. The summed E-state index contributed by atoms with van der Waals surface area (Å²) in [6.07, 6.45) is 1.92. The molecule has 0 aliphatic carbocycles. The van der Waals surface area contributed by atoms with Crippen molar-refractivity contribution in [3.63, 3.8) is 0 Å². The Morgan fingerprint density at radius 2 is 1.74 bits per heavy atom. The van der Waals surface area contributed by atoms with Gasteiger partial charge in [-0.05, 0) is 42.6 Å². The van der Waals surface area contributed by atoms with E-state index in [-0.39, 0.29) is 0 Å². The van der Waals surface area contributed by atoms with E-state index in [2.05, 4.69) is 12.1 Å². The van der Waals surface area contributed by atoms with Gasteiger partial charge in [0.25, 0.3) is 0 Å². The monoisotopic (exact) mass is 275 g/mol. The summed E-state index contributed by atoms with van der Waals surface area (Å²) in [5, 5.41) is 0.647. The average Bonchev–Trinajstić information content (AvgIpc) is 2.46. The van der Waals surface area contributed by atoms with E-state index in [0.717, 1.165) is 29.7 Å². The molecule has 2 rings (SSSR count). The minimum Gasteiger partial charge on any atom is -0.492 e. The molecule has 0 aromatic heterocycles. The van der Waals surface area contributed by atoms with Crippen molar-refractivity contribution in [1.29, 1.82) is 0 Å². The third-order valence-corrected chi connectivity index (χ3v) is 3.19. The molecule has 0 bridgehead atoms. The Kier molecular flexibility index (Phi) is 5.25. The Hall–Kier alpha value is -1.51. The zero-order valence-electron chi connectivity index (χ0n) is 10.8. The fraction of sp³-hybridized carbons (Fsp3) is 0.250. The number of nitrogens with two attached hydrogens (primary N) is 1. The van der Waals surface area contributed by atoms with Gasteiger partial charge in [-0.1, -0.05) is 48.0 Å². The largest absolute Gasteiger partial charge is 0.492 e. The Morgan fingerprint density at radius 3 is 2.42 bits per heavy atom. The van der Waals surface area contributed by atoms with Crippen LogP contribution in [-0.4, -0.2) is 13.2 Å². The highest BCUT2D eigenvalue weighted by Crippen LogP contribution is 2.30. The fourth-order valence-corrected chi connectivity index (χ4v) is 2.09. The van der Waals surface area contributed by atoms with Gasteiger partial charge in [-0.2, -0.15) is 0 Å². The summed E-state index contributed by atoms with van der Waals surface area (Å²) in [5.41, 5.74) is 7.69. The van der Waals surface area contributed by atoms with Crippen LogP contribution in [0, 0.1) is 0 Å². The maximum absolute atomic E-state index is 6.24. The topological polar surface area (TPSA) is 35.2 Å². The Bertz CT molecular complexity index is 513. The molecule has 0 aliphatic rings. The molecule has 2 N–H and O–H groups in total. The minimum absolute atomic E-state index is 0.647. The van der Waals surface area contributed by atoms with E-state index in [4.69, 9.17) is 22.1 Å². The number of hydrogen-bond acceptors (Lipinski definition) is 2. The van der Waals surface area contributed by atoms with Crippen LogP contribution in [0.5, 0.6) is 5.75 Å². The second kappa shape index (κ2) is 7.17. The van der Waals surface area contributed by atoms with Crippen LogP contribution in [0.1, 0.15) is 12.8 Å². The zero-order chi connectivity index (χ0) is 13.5. The van der Waals surface area contributed by atoms with Crippen LogP contribution in [0.3, 0.4) is 0 Å². The first-order valence-corrected chi connectivity index (χ1v) is 6.87. The number of rotatable bonds is 6. The van der Waals surface area contributed by atoms with Crippen LogP contribution in [-0.2, 0) is 0 Å². The molecule has 0 atom stereocenters. The molecule has 0 fully saturated rings. The van der Waals surface area contributed by atoms with E-state index in [1.807, 2.05) is 36.4 Å². The summed E-state index contributed by atoms with van der Waals surface area (Å²) in [4.78, 5) is 0. The Labute approximate surface area is 119 Å². The summed E-state index contributed by atoms with van der Waals surface area (Å²) >= 11 is 6.24. The van der Waals surface area contributed by atoms with Crippen LogP contribution < -0.4 is 10.5 Å². The molecular weight excluding hydrogens is 258 g/mol. The number of halogens is 1. The molecule has 2 nitrogen and oxygen atoms in total. The van der Waals surface area contributed by atoms with Gasteiger partial charge in [0.15, 0.2) is 0 Å². The molecule has 19 heavy (non-hydrogen) atoms. The summed E-state index contributed by atoms with van der Waals surface area (Å²) in [6, 6.07) is 16.0. The van der Waals surface area contributed by atoms with E-state index in [1.54, 1.807) is 0 Å². The SMILES string of the molecule is NCCCCOc1ccc(-c2ccccc2)cc1Cl. The van der Waals surface area contributed by atoms with E-state index >= 15 is 0 Å². The van der Waals surface area contributed by atoms with Gasteiger partial charge in [0, 0.05) is 0 Å². The van der Waals surface area contributed by atoms with Crippen molar-refractivity contribution in [1.82, 2.24) is 0 Å². The lowest BCUT2D eigenvalue weighted by atomic mass is 10.1. The zero-order valence-corrected chi connectivity index (χ0v) is 11.6. The second-order valence-electron chi connectivity index (χ2n) is 4.36. The van der Waals surface area contributed by atoms with Gasteiger partial charge in [0.05, 0.1) is 11.6 Å². The fourth-order valence-electron chi connectivity index (χ4n) is 1.86. The lowest BCUT2D eigenvalue weighted by molar-refractivity contribution is 0.308. The van der Waals surface area contributed by atoms with Crippen LogP contribution in [0.15, 0.2) is 48.5 Å². The van der Waals surface area contributed by atoms with Crippen molar-refractivity contribution in [3.05, 3.63) is 53.6 Å². The van der Waals surface area contributed by atoms with E-state index in [9.17, 15) is 0 Å². The first-order valence-electron chi connectivity index (χ1n) is 6.49. The molecule has 0 spiro atoms. The van der Waals surface area contributed by atoms with Crippen molar-refractivity contribution in [2.24, 2.45) is 5.73 Å². The minimum atomic E-state index is 0.647. The summed E-state index contributed by atoms with van der Waals surface area (Å²) < 4.78 is 5.64. The van der Waals surface area contributed by atoms with Crippen molar-refractivity contribution in [3.8, 4) is 16.9 Å². The van der Waals surface area contributed by atoms with Crippen molar-refractivity contribution >= 4 is 11.6 Å². The molecule has 0 heterocycles. The smallest absolute Gasteiger partial charge is 0.137 e. The highest BCUT2D eigenvalue weighted by atomic mass is 35.5. The third-order valence-electron chi connectivity index (χ3n) is 2.90. The molecule has 2 aromatic carbocycles. The van der Waals surface area contributed by atoms with E-state index in [1.165, 1.54) is 0 Å². The molecule has 2 aromatic rings. The van der Waals surface area contributed by atoms with Crippen molar-refractivity contribution in [2.45, 2.75) is 12.8 Å². The Balaban J connectivity index is 2.05. The van der Waals surface area contributed by atoms with Crippen molar-refractivity contribution < 1.29 is 4.74 Å². The first kappa shape index (κ1) is 13.9. The van der Waals surface area contributed by atoms with Gasteiger partial charge >= 0.3 is 0 Å². The normalized spacial score (nSPS) is 10.4. The number of ether oxygens (including phenoxy) is 1. The second-order valence-corrected chi connectivity index (χ2v) is 4.76. The molecule has 0 unspecified atom stereocenters. The van der Waals surface area contributed by atoms with Crippen LogP contribution in [0.25, 0.3) is 11.1 Å². The maximum Gasteiger partial charge on any atom is 0.137 e. The molecule has 0 amide bonds. The van der Waals surface area contributed by atoms with Gasteiger partial charge in [0.2, 0.25) is 0 Å². The Morgan fingerprint density at radius 1 is 0.947 bits per heavy atom. The van der Waals surface area contributed by atoms with Gasteiger partial charge in [-0.3, -0.25) is 0 Å². The summed E-state index contributed by atoms with van der Waals surface area (Å²) in [6.45, 7) is 1.35. The quantitative estimate of drug-likeness (QED) is 0.805. The van der Waals surface area contributed by atoms with Gasteiger partial charge in [-0.15, -0.1) is 0 Å². The number of benzene rings is 2. The highest BCUT2D eigenvalue weighted by molar-refractivity contribution is 6.32. The van der Waals surface area contributed by atoms with Gasteiger partial charge < -0.3 is 10.5 Å². The molecule has 100 valence electrons. The standard InChI is InChI=1S/C16H18ClNO/c17-15-12-14(13-6-2-1-3-7-13)8-9-16(15)19-11-5-4-10-18/h1-3,6-9,12H,4-5,10-11,18H2. The molecule has 0 radical (unpaired) electrons. The molecule has 0 saturated heterocycles. The van der Waals surface area contributed by atoms with E-state index in [0.29, 0.717) is 18.2 Å². The van der Waals surface area contributed by atoms with Gasteiger partial charge in [0.1, 0.15) is 5.75 Å². The lowest BCUT2D eigenvalue weighted by Gasteiger charge is -2.09. The summed E-state index contributed by atoms with van der Waals surface area (Å²) in [5.74, 6) is 0.735. The maximum atomic E-state index is 6.24. The lowest BCUT2D eigenvalue weighted by Crippen LogP contribution is -2.03. The predicted molar refractivity (Wildman–Crippen MR) is 80.7 cm³/mol. The summed E-state index contributed by atoms with van der Waals surface area (Å²) in [7, 11) is 0.